The first-order chi connectivity index (χ1) is 10.0. The lowest BCUT2D eigenvalue weighted by Crippen LogP contribution is -2.20. The third kappa shape index (κ3) is 4.17. The van der Waals surface area contributed by atoms with Crippen molar-refractivity contribution < 1.29 is 0 Å². The number of nitrogens with zero attached hydrogens (tertiary/aromatic N) is 3. The van der Waals surface area contributed by atoms with E-state index in [0.717, 1.165) is 46.3 Å². The van der Waals surface area contributed by atoms with E-state index in [9.17, 15) is 0 Å². The Kier molecular flexibility index (Phi) is 5.58. The molecule has 2 heterocycles. The van der Waals surface area contributed by atoms with E-state index in [-0.39, 0.29) is 0 Å². The van der Waals surface area contributed by atoms with Crippen LogP contribution in [0.2, 0.25) is 0 Å². The minimum absolute atomic E-state index is 0.799. The third-order valence-electron chi connectivity index (χ3n) is 3.18. The zero-order valence-corrected chi connectivity index (χ0v) is 15.3. The smallest absolute Gasteiger partial charge is 0.137 e. The van der Waals surface area contributed by atoms with Crippen LogP contribution in [0.25, 0.3) is 0 Å². The van der Waals surface area contributed by atoms with Crippen LogP contribution < -0.4 is 10.2 Å². The Hall–Kier alpha value is -1.14. The molecule has 6 heteroatoms. The molecular weight excluding hydrogens is 348 g/mol. The Labute approximate surface area is 138 Å². The van der Waals surface area contributed by atoms with Crippen LogP contribution in [0.3, 0.4) is 0 Å². The highest BCUT2D eigenvalue weighted by molar-refractivity contribution is 9.11. The SMILES string of the molecule is CCCNc1nc(C)nc(N(C)Cc2csc(Br)c2)c1C. The number of aromatic nitrogens is 2. The maximum atomic E-state index is 4.61. The van der Waals surface area contributed by atoms with Crippen molar-refractivity contribution in [2.75, 3.05) is 23.8 Å². The van der Waals surface area contributed by atoms with Gasteiger partial charge < -0.3 is 10.2 Å². The van der Waals surface area contributed by atoms with E-state index in [1.165, 1.54) is 5.56 Å². The molecule has 0 aliphatic carbocycles. The Morgan fingerprint density at radius 1 is 1.33 bits per heavy atom. The van der Waals surface area contributed by atoms with Gasteiger partial charge in [0.2, 0.25) is 0 Å². The quantitative estimate of drug-likeness (QED) is 0.821. The molecule has 0 aromatic carbocycles. The van der Waals surface area contributed by atoms with E-state index < -0.39 is 0 Å². The van der Waals surface area contributed by atoms with Crippen molar-refractivity contribution in [2.45, 2.75) is 33.7 Å². The van der Waals surface area contributed by atoms with Crippen LogP contribution in [-0.2, 0) is 6.54 Å². The van der Waals surface area contributed by atoms with Crippen LogP contribution in [0.5, 0.6) is 0 Å². The van der Waals surface area contributed by atoms with Crippen molar-refractivity contribution in [1.82, 2.24) is 9.97 Å². The fourth-order valence-electron chi connectivity index (χ4n) is 2.18. The maximum absolute atomic E-state index is 4.61. The average Bonchev–Trinajstić information content (AvgIpc) is 2.84. The lowest BCUT2D eigenvalue weighted by atomic mass is 10.2. The number of aryl methyl sites for hydroxylation is 1. The lowest BCUT2D eigenvalue weighted by molar-refractivity contribution is 0.868. The van der Waals surface area contributed by atoms with Gasteiger partial charge in [-0.1, -0.05) is 6.92 Å². The van der Waals surface area contributed by atoms with Gasteiger partial charge in [0.05, 0.1) is 3.79 Å². The number of hydrogen-bond acceptors (Lipinski definition) is 5. The second-order valence-corrected chi connectivity index (χ2v) is 7.40. The second kappa shape index (κ2) is 7.22. The van der Waals surface area contributed by atoms with Gasteiger partial charge in [0.25, 0.3) is 0 Å². The van der Waals surface area contributed by atoms with Gasteiger partial charge >= 0.3 is 0 Å². The van der Waals surface area contributed by atoms with Crippen molar-refractivity contribution >= 4 is 38.9 Å². The summed E-state index contributed by atoms with van der Waals surface area (Å²) in [6.45, 7) is 7.93. The molecule has 2 aromatic rings. The van der Waals surface area contributed by atoms with Crippen LogP contribution in [0.4, 0.5) is 11.6 Å². The van der Waals surface area contributed by atoms with Crippen LogP contribution in [0, 0.1) is 13.8 Å². The molecule has 114 valence electrons. The predicted octanol–water partition coefficient (Wildman–Crippen LogP) is 4.38. The molecule has 0 aliphatic heterocycles. The molecule has 0 unspecified atom stereocenters. The van der Waals surface area contributed by atoms with Gasteiger partial charge in [-0.25, -0.2) is 9.97 Å². The molecule has 0 aliphatic rings. The molecule has 0 spiro atoms. The second-order valence-electron chi connectivity index (χ2n) is 5.11. The highest BCUT2D eigenvalue weighted by atomic mass is 79.9. The summed E-state index contributed by atoms with van der Waals surface area (Å²) in [5.41, 5.74) is 2.39. The molecule has 0 saturated heterocycles. The van der Waals surface area contributed by atoms with Crippen molar-refractivity contribution in [3.05, 3.63) is 32.2 Å². The van der Waals surface area contributed by atoms with Crippen LogP contribution >= 0.6 is 27.3 Å². The molecule has 2 aromatic heterocycles. The van der Waals surface area contributed by atoms with Gasteiger partial charge in [-0.05, 0) is 53.2 Å². The van der Waals surface area contributed by atoms with Gasteiger partial charge in [0.15, 0.2) is 0 Å². The minimum atomic E-state index is 0.799. The van der Waals surface area contributed by atoms with Gasteiger partial charge in [-0.3, -0.25) is 0 Å². The molecular formula is C15H21BrN4S. The molecule has 2 rings (SSSR count). The molecule has 0 radical (unpaired) electrons. The van der Waals surface area contributed by atoms with E-state index in [1.54, 1.807) is 11.3 Å². The Bertz CT molecular complexity index is 612. The van der Waals surface area contributed by atoms with E-state index in [0.29, 0.717) is 0 Å². The highest BCUT2D eigenvalue weighted by Crippen LogP contribution is 2.26. The topological polar surface area (TPSA) is 41.1 Å². The largest absolute Gasteiger partial charge is 0.370 e. The molecule has 21 heavy (non-hydrogen) atoms. The number of halogens is 1. The molecule has 0 fully saturated rings. The van der Waals surface area contributed by atoms with E-state index >= 15 is 0 Å². The van der Waals surface area contributed by atoms with Crippen molar-refractivity contribution in [1.29, 1.82) is 0 Å². The Balaban J connectivity index is 2.23. The Morgan fingerprint density at radius 2 is 2.10 bits per heavy atom. The minimum Gasteiger partial charge on any atom is -0.370 e. The molecule has 0 amide bonds. The van der Waals surface area contributed by atoms with Gasteiger partial charge in [0.1, 0.15) is 17.5 Å². The first kappa shape index (κ1) is 16.2. The average molecular weight is 369 g/mol. The summed E-state index contributed by atoms with van der Waals surface area (Å²) in [6.07, 6.45) is 1.08. The summed E-state index contributed by atoms with van der Waals surface area (Å²) in [7, 11) is 2.07. The first-order valence-corrected chi connectivity index (χ1v) is 8.71. The summed E-state index contributed by atoms with van der Waals surface area (Å²) in [5.74, 6) is 2.73. The van der Waals surface area contributed by atoms with Gasteiger partial charge in [0, 0.05) is 25.7 Å². The molecule has 0 saturated carbocycles. The van der Waals surface area contributed by atoms with Crippen LogP contribution in [0.15, 0.2) is 15.2 Å². The Morgan fingerprint density at radius 3 is 2.71 bits per heavy atom. The van der Waals surface area contributed by atoms with E-state index in [1.807, 2.05) is 6.92 Å². The molecule has 0 atom stereocenters. The van der Waals surface area contributed by atoms with Crippen LogP contribution in [-0.4, -0.2) is 23.6 Å². The summed E-state index contributed by atoms with van der Waals surface area (Å²) < 4.78 is 1.16. The molecule has 0 bridgehead atoms. The fourth-order valence-corrected chi connectivity index (χ4v) is 3.38. The molecule has 1 N–H and O–H groups in total. The number of rotatable bonds is 6. The predicted molar refractivity (Wildman–Crippen MR) is 94.4 cm³/mol. The summed E-state index contributed by atoms with van der Waals surface area (Å²) >= 11 is 5.22. The monoisotopic (exact) mass is 368 g/mol. The number of nitrogens with one attached hydrogen (secondary N) is 1. The zero-order chi connectivity index (χ0) is 15.4. The van der Waals surface area contributed by atoms with E-state index in [4.69, 9.17) is 0 Å². The molecule has 4 nitrogen and oxygen atoms in total. The standard InChI is InChI=1S/C15H21BrN4S/c1-5-6-17-14-10(2)15(19-11(3)18-14)20(4)8-12-7-13(16)21-9-12/h7,9H,5-6,8H2,1-4H3,(H,17,18,19). The number of hydrogen-bond donors (Lipinski definition) is 1. The third-order valence-corrected chi connectivity index (χ3v) is 4.73. The first-order valence-electron chi connectivity index (χ1n) is 7.04. The summed E-state index contributed by atoms with van der Waals surface area (Å²) in [5, 5.41) is 5.55. The summed E-state index contributed by atoms with van der Waals surface area (Å²) in [4.78, 5) is 11.3. The van der Waals surface area contributed by atoms with Gasteiger partial charge in [-0.15, -0.1) is 11.3 Å². The van der Waals surface area contributed by atoms with Crippen molar-refractivity contribution in [2.24, 2.45) is 0 Å². The lowest BCUT2D eigenvalue weighted by Gasteiger charge is -2.21. The highest BCUT2D eigenvalue weighted by Gasteiger charge is 2.13. The number of thiophene rings is 1. The fraction of sp³-hybridized carbons (Fsp3) is 0.467. The van der Waals surface area contributed by atoms with Crippen molar-refractivity contribution in [3.63, 3.8) is 0 Å². The maximum Gasteiger partial charge on any atom is 0.137 e. The van der Waals surface area contributed by atoms with Gasteiger partial charge in [-0.2, -0.15) is 0 Å². The normalized spacial score (nSPS) is 10.7. The van der Waals surface area contributed by atoms with E-state index in [2.05, 4.69) is 68.5 Å². The summed E-state index contributed by atoms with van der Waals surface area (Å²) in [6, 6.07) is 2.15. The van der Waals surface area contributed by atoms with Crippen LogP contribution in [0.1, 0.15) is 30.3 Å². The van der Waals surface area contributed by atoms with Crippen molar-refractivity contribution in [3.8, 4) is 0 Å². The zero-order valence-electron chi connectivity index (χ0n) is 12.9. The number of anilines is 2.